The van der Waals surface area contributed by atoms with Crippen LogP contribution in [0.2, 0.25) is 0 Å². The fourth-order valence-electron chi connectivity index (χ4n) is 1.38. The van der Waals surface area contributed by atoms with Crippen molar-refractivity contribution in [2.45, 2.75) is 33.6 Å². The first-order valence-corrected chi connectivity index (χ1v) is 5.95. The Bertz CT molecular complexity index is 390. The zero-order valence-electron chi connectivity index (χ0n) is 9.24. The van der Waals surface area contributed by atoms with E-state index in [2.05, 4.69) is 41.8 Å². The van der Waals surface area contributed by atoms with E-state index >= 15 is 0 Å². The molecule has 1 aromatic carbocycles. The summed E-state index contributed by atoms with van der Waals surface area (Å²) < 4.78 is 4.38. The van der Waals surface area contributed by atoms with E-state index in [1.807, 2.05) is 13.8 Å². The van der Waals surface area contributed by atoms with E-state index in [9.17, 15) is 0 Å². The van der Waals surface area contributed by atoms with Crippen LogP contribution in [-0.2, 0) is 0 Å². The molecule has 0 bridgehead atoms. The molecule has 0 aliphatic carbocycles. The summed E-state index contributed by atoms with van der Waals surface area (Å²) in [6.45, 7) is 8.41. The van der Waals surface area contributed by atoms with Crippen LogP contribution in [0.1, 0.15) is 39.2 Å². The molecule has 2 heteroatoms. The Morgan fingerprint density at radius 2 is 1.93 bits per heavy atom. The Labute approximate surface area is 89.9 Å². The highest BCUT2D eigenvalue weighted by molar-refractivity contribution is 7.04. The second-order valence-corrected chi connectivity index (χ2v) is 3.88. The Balaban J connectivity index is 0.000000461. The Morgan fingerprint density at radius 1 is 1.21 bits per heavy atom. The highest BCUT2D eigenvalue weighted by Gasteiger charge is 2.05. The van der Waals surface area contributed by atoms with Crippen molar-refractivity contribution >= 4 is 22.4 Å². The second-order valence-electron chi connectivity index (χ2n) is 3.25. The number of aromatic nitrogens is 1. The average molecular weight is 207 g/mol. The van der Waals surface area contributed by atoms with Crippen LogP contribution < -0.4 is 0 Å². The van der Waals surface area contributed by atoms with E-state index in [-0.39, 0.29) is 0 Å². The maximum Gasteiger partial charge on any atom is 0.0875 e. The molecule has 0 spiro atoms. The molecule has 0 saturated carbocycles. The Hall–Kier alpha value is -0.890. The van der Waals surface area contributed by atoms with Crippen molar-refractivity contribution in [3.63, 3.8) is 0 Å². The SMILES string of the molecule is CC.CC(C)c1cccc2csnc12. The summed E-state index contributed by atoms with van der Waals surface area (Å²) >= 11 is 1.53. The van der Waals surface area contributed by atoms with Crippen LogP contribution in [0, 0.1) is 0 Å². The third kappa shape index (κ3) is 2.13. The van der Waals surface area contributed by atoms with Crippen molar-refractivity contribution in [2.75, 3.05) is 0 Å². The van der Waals surface area contributed by atoms with Gasteiger partial charge in [-0.05, 0) is 23.0 Å². The summed E-state index contributed by atoms with van der Waals surface area (Å²) in [5, 5.41) is 3.37. The van der Waals surface area contributed by atoms with E-state index in [0.717, 1.165) is 0 Å². The van der Waals surface area contributed by atoms with Crippen molar-refractivity contribution in [2.24, 2.45) is 0 Å². The van der Waals surface area contributed by atoms with Crippen molar-refractivity contribution in [3.8, 4) is 0 Å². The fourth-order valence-corrected chi connectivity index (χ4v) is 2.05. The third-order valence-electron chi connectivity index (χ3n) is 2.04. The van der Waals surface area contributed by atoms with Gasteiger partial charge in [-0.3, -0.25) is 0 Å². The molecular weight excluding hydrogens is 190 g/mol. The summed E-state index contributed by atoms with van der Waals surface area (Å²) in [4.78, 5) is 0. The van der Waals surface area contributed by atoms with Gasteiger partial charge in [-0.15, -0.1) is 0 Å². The van der Waals surface area contributed by atoms with Gasteiger partial charge in [-0.2, -0.15) is 4.37 Å². The van der Waals surface area contributed by atoms with E-state index in [1.165, 1.54) is 28.0 Å². The van der Waals surface area contributed by atoms with Gasteiger partial charge in [-0.1, -0.05) is 45.9 Å². The van der Waals surface area contributed by atoms with Gasteiger partial charge >= 0.3 is 0 Å². The molecule has 0 unspecified atom stereocenters. The van der Waals surface area contributed by atoms with Crippen LogP contribution in [0.25, 0.3) is 10.9 Å². The number of hydrogen-bond donors (Lipinski definition) is 0. The van der Waals surface area contributed by atoms with Gasteiger partial charge < -0.3 is 0 Å². The fraction of sp³-hybridized carbons (Fsp3) is 0.417. The van der Waals surface area contributed by atoms with Crippen molar-refractivity contribution in [1.29, 1.82) is 0 Å². The van der Waals surface area contributed by atoms with E-state index in [1.54, 1.807) is 0 Å². The average Bonchev–Trinajstić information content (AvgIpc) is 2.67. The molecule has 76 valence electrons. The van der Waals surface area contributed by atoms with Crippen LogP contribution in [-0.4, -0.2) is 4.37 Å². The first kappa shape index (κ1) is 11.2. The van der Waals surface area contributed by atoms with Crippen molar-refractivity contribution < 1.29 is 0 Å². The first-order chi connectivity index (χ1) is 6.79. The normalized spacial score (nSPS) is 10.1. The smallest absolute Gasteiger partial charge is 0.0875 e. The minimum atomic E-state index is 0.566. The lowest BCUT2D eigenvalue weighted by atomic mass is 10.0. The van der Waals surface area contributed by atoms with Crippen LogP contribution >= 0.6 is 11.5 Å². The summed E-state index contributed by atoms with van der Waals surface area (Å²) in [6, 6.07) is 6.38. The Kier molecular flexibility index (Phi) is 4.08. The molecule has 0 fully saturated rings. The molecule has 0 radical (unpaired) electrons. The van der Waals surface area contributed by atoms with E-state index < -0.39 is 0 Å². The molecule has 1 heterocycles. The predicted octanol–water partition coefficient (Wildman–Crippen LogP) is 4.45. The summed E-state index contributed by atoms with van der Waals surface area (Å²) in [5.41, 5.74) is 2.53. The molecule has 2 aromatic rings. The topological polar surface area (TPSA) is 12.9 Å². The second kappa shape index (κ2) is 5.11. The molecule has 0 aliphatic rings. The monoisotopic (exact) mass is 207 g/mol. The zero-order chi connectivity index (χ0) is 10.6. The number of benzene rings is 1. The summed E-state index contributed by atoms with van der Waals surface area (Å²) in [6.07, 6.45) is 0. The lowest BCUT2D eigenvalue weighted by Gasteiger charge is -2.04. The number of fused-ring (bicyclic) bond motifs is 1. The molecule has 1 nitrogen and oxygen atoms in total. The first-order valence-electron chi connectivity index (χ1n) is 5.12. The van der Waals surface area contributed by atoms with Gasteiger partial charge in [-0.25, -0.2) is 0 Å². The quantitative estimate of drug-likeness (QED) is 0.673. The van der Waals surface area contributed by atoms with Crippen molar-refractivity contribution in [3.05, 3.63) is 29.1 Å². The van der Waals surface area contributed by atoms with Gasteiger partial charge in [0.1, 0.15) is 0 Å². The van der Waals surface area contributed by atoms with Crippen molar-refractivity contribution in [1.82, 2.24) is 4.37 Å². The zero-order valence-corrected chi connectivity index (χ0v) is 10.1. The van der Waals surface area contributed by atoms with Crippen LogP contribution in [0.3, 0.4) is 0 Å². The molecule has 2 rings (SSSR count). The molecule has 0 N–H and O–H groups in total. The van der Waals surface area contributed by atoms with Gasteiger partial charge in [0, 0.05) is 10.8 Å². The molecule has 14 heavy (non-hydrogen) atoms. The van der Waals surface area contributed by atoms with Gasteiger partial charge in [0.05, 0.1) is 5.52 Å². The highest BCUT2D eigenvalue weighted by atomic mass is 32.1. The maximum absolute atomic E-state index is 4.38. The molecule has 0 aliphatic heterocycles. The standard InChI is InChI=1S/C10H11NS.C2H6/c1-7(2)9-5-3-4-8-6-12-11-10(8)9;1-2/h3-7H,1-2H3;1-2H3. The van der Waals surface area contributed by atoms with Gasteiger partial charge in [0.15, 0.2) is 0 Å². The summed E-state index contributed by atoms with van der Waals surface area (Å²) in [7, 11) is 0. The lowest BCUT2D eigenvalue weighted by molar-refractivity contribution is 0.874. The summed E-state index contributed by atoms with van der Waals surface area (Å²) in [5.74, 6) is 0.566. The highest BCUT2D eigenvalue weighted by Crippen LogP contribution is 2.24. The van der Waals surface area contributed by atoms with Gasteiger partial charge in [0.25, 0.3) is 0 Å². The molecule has 0 saturated heterocycles. The number of rotatable bonds is 1. The maximum atomic E-state index is 4.38. The Morgan fingerprint density at radius 3 is 2.57 bits per heavy atom. The van der Waals surface area contributed by atoms with Crippen LogP contribution in [0.15, 0.2) is 23.6 Å². The molecule has 0 atom stereocenters. The van der Waals surface area contributed by atoms with Gasteiger partial charge in [0.2, 0.25) is 0 Å². The lowest BCUT2D eigenvalue weighted by Crippen LogP contribution is -1.87. The molecular formula is C12H17NS. The minimum absolute atomic E-state index is 0.566. The van der Waals surface area contributed by atoms with E-state index in [0.29, 0.717) is 5.92 Å². The minimum Gasteiger partial charge on any atom is -0.192 e. The predicted molar refractivity (Wildman–Crippen MR) is 65.1 cm³/mol. The molecule has 1 aromatic heterocycles. The molecule has 0 amide bonds. The number of hydrogen-bond acceptors (Lipinski definition) is 2. The third-order valence-corrected chi connectivity index (χ3v) is 2.69. The largest absolute Gasteiger partial charge is 0.192 e. The van der Waals surface area contributed by atoms with E-state index in [4.69, 9.17) is 0 Å². The number of nitrogens with zero attached hydrogens (tertiary/aromatic N) is 1. The van der Waals surface area contributed by atoms with Crippen LogP contribution in [0.5, 0.6) is 0 Å². The van der Waals surface area contributed by atoms with Crippen LogP contribution in [0.4, 0.5) is 0 Å².